The Labute approximate surface area is 129 Å². The van der Waals surface area contributed by atoms with Crippen LogP contribution in [0, 0.1) is 13.8 Å². The molecule has 3 rings (SSSR count). The first kappa shape index (κ1) is 15.1. The molecule has 0 aliphatic carbocycles. The Hall–Kier alpha value is -1.82. The number of ether oxygens (including phenoxy) is 1. The Kier molecular flexibility index (Phi) is 3.72. The topological polar surface area (TPSA) is 82.6 Å². The third kappa shape index (κ3) is 2.22. The van der Waals surface area contributed by atoms with E-state index in [0.29, 0.717) is 35.4 Å². The molecule has 1 amide bonds. The quantitative estimate of drug-likeness (QED) is 0.812. The van der Waals surface area contributed by atoms with E-state index in [9.17, 15) is 14.7 Å². The summed E-state index contributed by atoms with van der Waals surface area (Å²) in [5, 5.41) is 9.86. The highest BCUT2D eigenvalue weighted by Crippen LogP contribution is 2.37. The number of nitrogens with zero attached hydrogens (tertiary/aromatic N) is 1. The molecule has 2 N–H and O–H groups in total. The molecule has 2 aliphatic rings. The van der Waals surface area contributed by atoms with E-state index in [1.54, 1.807) is 13.8 Å². The number of amides is 1. The Balaban J connectivity index is 1.92. The number of fused-ring (bicyclic) bond motifs is 2. The number of aromatic nitrogens is 1. The number of nitrogens with one attached hydrogen (secondary N) is 1. The van der Waals surface area contributed by atoms with Crippen LogP contribution >= 0.6 is 0 Å². The lowest BCUT2D eigenvalue weighted by molar-refractivity contribution is 0.0282. The molecule has 2 unspecified atom stereocenters. The molecule has 0 saturated carbocycles. The monoisotopic (exact) mass is 306 g/mol. The molecule has 2 saturated heterocycles. The Morgan fingerprint density at radius 1 is 1.23 bits per heavy atom. The normalized spacial score (nSPS) is 27.1. The maximum Gasteiger partial charge on any atom is 0.339 e. The van der Waals surface area contributed by atoms with E-state index in [4.69, 9.17) is 4.74 Å². The summed E-state index contributed by atoms with van der Waals surface area (Å²) in [6, 6.07) is 0.205. The molecule has 120 valence electrons. The zero-order valence-electron chi connectivity index (χ0n) is 13.2. The molecule has 0 spiro atoms. The lowest BCUT2D eigenvalue weighted by Crippen LogP contribution is -2.48. The number of rotatable bonds is 2. The van der Waals surface area contributed by atoms with Gasteiger partial charge in [0.25, 0.3) is 5.91 Å². The van der Waals surface area contributed by atoms with E-state index < -0.39 is 5.97 Å². The van der Waals surface area contributed by atoms with E-state index in [-0.39, 0.29) is 24.1 Å². The van der Waals surface area contributed by atoms with Gasteiger partial charge in [-0.15, -0.1) is 0 Å². The molecule has 6 heteroatoms. The van der Waals surface area contributed by atoms with Crippen molar-refractivity contribution in [3.05, 3.63) is 22.5 Å². The second kappa shape index (κ2) is 5.43. The molecular weight excluding hydrogens is 284 g/mol. The van der Waals surface area contributed by atoms with Crippen LogP contribution < -0.4 is 0 Å². The molecule has 1 aromatic rings. The number of aliphatic hydroxyl groups is 1. The van der Waals surface area contributed by atoms with Crippen LogP contribution in [0.15, 0.2) is 0 Å². The second-order valence-corrected chi connectivity index (χ2v) is 6.34. The lowest BCUT2D eigenvalue weighted by Gasteiger charge is -2.37. The first-order valence-electron chi connectivity index (χ1n) is 7.72. The summed E-state index contributed by atoms with van der Waals surface area (Å²) in [6.07, 6.45) is 2.86. The number of aliphatic hydroxyl groups excluding tert-OH is 1. The Morgan fingerprint density at radius 3 is 2.36 bits per heavy atom. The predicted molar refractivity (Wildman–Crippen MR) is 79.8 cm³/mol. The summed E-state index contributed by atoms with van der Waals surface area (Å²) in [4.78, 5) is 29.7. The van der Waals surface area contributed by atoms with Gasteiger partial charge in [-0.3, -0.25) is 4.79 Å². The molecule has 1 aromatic heterocycles. The molecule has 6 nitrogen and oxygen atoms in total. The molecule has 22 heavy (non-hydrogen) atoms. The fraction of sp³-hybridized carbons (Fsp3) is 0.625. The molecule has 2 bridgehead atoms. The van der Waals surface area contributed by atoms with Gasteiger partial charge < -0.3 is 19.7 Å². The number of piperidine rings is 1. The average molecular weight is 306 g/mol. The number of aromatic amines is 1. The highest BCUT2D eigenvalue weighted by Gasteiger charge is 2.43. The molecule has 0 aromatic carbocycles. The first-order chi connectivity index (χ1) is 10.4. The van der Waals surface area contributed by atoms with Gasteiger partial charge in [-0.05, 0) is 45.1 Å². The zero-order chi connectivity index (χ0) is 16.0. The molecule has 3 heterocycles. The van der Waals surface area contributed by atoms with Crippen molar-refractivity contribution in [2.75, 3.05) is 7.11 Å². The Morgan fingerprint density at radius 2 is 1.82 bits per heavy atom. The number of methoxy groups -OCH3 is 1. The summed E-state index contributed by atoms with van der Waals surface area (Å²) in [5.41, 5.74) is 2.19. The van der Waals surface area contributed by atoms with Crippen LogP contribution in [-0.2, 0) is 4.74 Å². The summed E-state index contributed by atoms with van der Waals surface area (Å²) >= 11 is 0. The van der Waals surface area contributed by atoms with Crippen LogP contribution in [0.4, 0.5) is 0 Å². The number of esters is 1. The molecular formula is C16H22N2O4. The highest BCUT2D eigenvalue weighted by atomic mass is 16.5. The first-order valence-corrected chi connectivity index (χ1v) is 7.72. The number of hydrogen-bond donors (Lipinski definition) is 2. The third-order valence-corrected chi connectivity index (χ3v) is 4.98. The van der Waals surface area contributed by atoms with Crippen LogP contribution in [0.1, 0.15) is 57.8 Å². The van der Waals surface area contributed by atoms with Gasteiger partial charge in [-0.2, -0.15) is 0 Å². The second-order valence-electron chi connectivity index (χ2n) is 6.34. The maximum atomic E-state index is 12.9. The molecule has 0 radical (unpaired) electrons. The van der Waals surface area contributed by atoms with Crippen molar-refractivity contribution in [3.63, 3.8) is 0 Å². The van der Waals surface area contributed by atoms with E-state index >= 15 is 0 Å². The zero-order valence-corrected chi connectivity index (χ0v) is 13.2. The fourth-order valence-corrected chi connectivity index (χ4v) is 3.98. The van der Waals surface area contributed by atoms with Crippen LogP contribution in [0.2, 0.25) is 0 Å². The van der Waals surface area contributed by atoms with Crippen molar-refractivity contribution in [2.24, 2.45) is 0 Å². The molecule has 2 fully saturated rings. The van der Waals surface area contributed by atoms with E-state index in [1.807, 2.05) is 4.90 Å². The van der Waals surface area contributed by atoms with Crippen molar-refractivity contribution in [3.8, 4) is 0 Å². The fourth-order valence-electron chi connectivity index (χ4n) is 3.98. The minimum absolute atomic E-state index is 0.0739. The minimum atomic E-state index is -0.428. The van der Waals surface area contributed by atoms with Crippen LogP contribution in [0.25, 0.3) is 0 Å². The smallest absolute Gasteiger partial charge is 0.339 e. The van der Waals surface area contributed by atoms with E-state index in [1.165, 1.54) is 7.11 Å². The Bertz CT molecular complexity index is 608. The van der Waals surface area contributed by atoms with Gasteiger partial charge in [0.15, 0.2) is 0 Å². The van der Waals surface area contributed by atoms with E-state index in [0.717, 1.165) is 12.8 Å². The van der Waals surface area contributed by atoms with Gasteiger partial charge in [0.1, 0.15) is 5.69 Å². The van der Waals surface area contributed by atoms with Crippen molar-refractivity contribution in [2.45, 2.75) is 57.7 Å². The number of carbonyl (C=O) groups excluding carboxylic acids is 2. The van der Waals surface area contributed by atoms with Gasteiger partial charge in [0.05, 0.1) is 18.8 Å². The summed E-state index contributed by atoms with van der Waals surface area (Å²) < 4.78 is 4.79. The largest absolute Gasteiger partial charge is 0.465 e. The van der Waals surface area contributed by atoms with Gasteiger partial charge in [-0.1, -0.05) is 0 Å². The van der Waals surface area contributed by atoms with Crippen LogP contribution in [-0.4, -0.2) is 52.2 Å². The van der Waals surface area contributed by atoms with Crippen LogP contribution in [0.5, 0.6) is 0 Å². The number of hydrogen-bond acceptors (Lipinski definition) is 4. The van der Waals surface area contributed by atoms with Gasteiger partial charge >= 0.3 is 5.97 Å². The summed E-state index contributed by atoms with van der Waals surface area (Å²) in [5.74, 6) is -0.502. The summed E-state index contributed by atoms with van der Waals surface area (Å²) in [6.45, 7) is 3.54. The average Bonchev–Trinajstić information content (AvgIpc) is 2.92. The number of carbonyl (C=O) groups is 2. The highest BCUT2D eigenvalue weighted by molar-refractivity contribution is 6.00. The number of aryl methyl sites for hydroxylation is 1. The third-order valence-electron chi connectivity index (χ3n) is 4.98. The van der Waals surface area contributed by atoms with Gasteiger partial charge in [0, 0.05) is 17.8 Å². The number of H-pyrrole nitrogens is 1. The van der Waals surface area contributed by atoms with Crippen molar-refractivity contribution in [1.29, 1.82) is 0 Å². The standard InChI is InChI=1S/C16H22N2O4/c1-8-13(16(21)22-3)9(2)17-14(8)15(20)18-10-4-5-11(18)7-12(19)6-10/h10-12,17,19H,4-7H2,1-3H3. The van der Waals surface area contributed by atoms with Crippen molar-refractivity contribution in [1.82, 2.24) is 9.88 Å². The van der Waals surface area contributed by atoms with Crippen molar-refractivity contribution >= 4 is 11.9 Å². The van der Waals surface area contributed by atoms with E-state index in [2.05, 4.69) is 4.98 Å². The SMILES string of the molecule is COC(=O)c1c(C)[nH]c(C(=O)N2C3CCC2CC(O)C3)c1C. The summed E-state index contributed by atoms with van der Waals surface area (Å²) in [7, 11) is 1.34. The predicted octanol–water partition coefficient (Wildman–Crippen LogP) is 1.55. The molecule has 2 atom stereocenters. The van der Waals surface area contributed by atoms with Gasteiger partial charge in [0.2, 0.25) is 0 Å². The lowest BCUT2D eigenvalue weighted by atomic mass is 9.99. The van der Waals surface area contributed by atoms with Crippen LogP contribution in [0.3, 0.4) is 0 Å². The van der Waals surface area contributed by atoms with Crippen molar-refractivity contribution < 1.29 is 19.4 Å². The molecule has 2 aliphatic heterocycles. The maximum absolute atomic E-state index is 12.9. The van der Waals surface area contributed by atoms with Gasteiger partial charge in [-0.25, -0.2) is 4.79 Å². The minimum Gasteiger partial charge on any atom is -0.465 e.